The standard InChI is InChI=1S/C13H11N3O4S/c1-8-5-14-13(15-6-8)21-7-9-3-2-4-10(16(19)20)11(9)12(17)18/h2-6H,7H2,1H3,(H,17,18). The highest BCUT2D eigenvalue weighted by atomic mass is 32.2. The maximum absolute atomic E-state index is 11.3. The summed E-state index contributed by atoms with van der Waals surface area (Å²) in [7, 11) is 0. The second-order valence-corrected chi connectivity index (χ2v) is 5.15. The molecule has 0 aliphatic rings. The Bertz CT molecular complexity index is 688. The first-order chi connectivity index (χ1) is 9.99. The third-order valence-electron chi connectivity index (χ3n) is 2.65. The molecule has 0 bridgehead atoms. The molecule has 0 unspecified atom stereocenters. The minimum Gasteiger partial charge on any atom is -0.477 e. The zero-order chi connectivity index (χ0) is 15.4. The van der Waals surface area contributed by atoms with Gasteiger partial charge < -0.3 is 5.11 Å². The summed E-state index contributed by atoms with van der Waals surface area (Å²) in [5, 5.41) is 20.6. The lowest BCUT2D eigenvalue weighted by atomic mass is 10.1. The first kappa shape index (κ1) is 14.9. The number of hydrogen-bond donors (Lipinski definition) is 1. The van der Waals surface area contributed by atoms with Gasteiger partial charge in [0.15, 0.2) is 5.16 Å². The zero-order valence-corrected chi connectivity index (χ0v) is 11.8. The van der Waals surface area contributed by atoms with Crippen LogP contribution < -0.4 is 0 Å². The highest BCUT2D eigenvalue weighted by Crippen LogP contribution is 2.27. The monoisotopic (exact) mass is 305 g/mol. The highest BCUT2D eigenvalue weighted by Gasteiger charge is 2.23. The van der Waals surface area contributed by atoms with E-state index in [-0.39, 0.29) is 11.3 Å². The number of hydrogen-bond acceptors (Lipinski definition) is 6. The Kier molecular flexibility index (Phi) is 4.49. The van der Waals surface area contributed by atoms with Gasteiger partial charge in [0.1, 0.15) is 5.56 Å². The second kappa shape index (κ2) is 6.31. The summed E-state index contributed by atoms with van der Waals surface area (Å²) >= 11 is 1.23. The molecule has 0 spiro atoms. The van der Waals surface area contributed by atoms with Crippen LogP contribution in [0.15, 0.2) is 35.7 Å². The number of aromatic nitrogens is 2. The molecular weight excluding hydrogens is 294 g/mol. The molecule has 1 aromatic carbocycles. The van der Waals surface area contributed by atoms with Gasteiger partial charge in [-0.1, -0.05) is 23.9 Å². The van der Waals surface area contributed by atoms with Crippen molar-refractivity contribution in [2.24, 2.45) is 0 Å². The van der Waals surface area contributed by atoms with Gasteiger partial charge in [0, 0.05) is 24.2 Å². The average molecular weight is 305 g/mol. The highest BCUT2D eigenvalue weighted by molar-refractivity contribution is 7.98. The van der Waals surface area contributed by atoms with Gasteiger partial charge in [0.2, 0.25) is 0 Å². The van der Waals surface area contributed by atoms with E-state index in [0.717, 1.165) is 5.56 Å². The third kappa shape index (κ3) is 3.54. The maximum Gasteiger partial charge on any atom is 0.343 e. The van der Waals surface area contributed by atoms with Crippen LogP contribution in [-0.4, -0.2) is 26.0 Å². The number of rotatable bonds is 5. The van der Waals surface area contributed by atoms with Crippen molar-refractivity contribution < 1.29 is 14.8 Å². The normalized spacial score (nSPS) is 10.3. The first-order valence-electron chi connectivity index (χ1n) is 5.90. The molecule has 7 nitrogen and oxygen atoms in total. The number of aryl methyl sites for hydroxylation is 1. The number of nitrogens with zero attached hydrogens (tertiary/aromatic N) is 3. The van der Waals surface area contributed by atoms with Gasteiger partial charge in [0.25, 0.3) is 5.69 Å². The van der Waals surface area contributed by atoms with Crippen molar-refractivity contribution in [3.63, 3.8) is 0 Å². The van der Waals surface area contributed by atoms with Crippen LogP contribution in [0.2, 0.25) is 0 Å². The maximum atomic E-state index is 11.3. The largest absolute Gasteiger partial charge is 0.477 e. The molecule has 0 atom stereocenters. The molecule has 0 fully saturated rings. The first-order valence-corrected chi connectivity index (χ1v) is 6.88. The molecule has 8 heteroatoms. The van der Waals surface area contributed by atoms with Crippen LogP contribution in [0.5, 0.6) is 0 Å². The van der Waals surface area contributed by atoms with E-state index in [1.165, 1.54) is 23.9 Å². The molecule has 0 saturated heterocycles. The molecule has 0 radical (unpaired) electrons. The summed E-state index contributed by atoms with van der Waals surface area (Å²) < 4.78 is 0. The third-order valence-corrected chi connectivity index (χ3v) is 3.58. The Balaban J connectivity index is 2.27. The molecule has 0 aliphatic heterocycles. The minimum absolute atomic E-state index is 0.242. The summed E-state index contributed by atoms with van der Waals surface area (Å²) in [6.45, 7) is 1.86. The molecule has 0 amide bonds. The molecular formula is C13H11N3O4S. The lowest BCUT2D eigenvalue weighted by Crippen LogP contribution is -2.06. The van der Waals surface area contributed by atoms with Crippen LogP contribution in [0.1, 0.15) is 21.5 Å². The van der Waals surface area contributed by atoms with Crippen molar-refractivity contribution in [3.8, 4) is 0 Å². The van der Waals surface area contributed by atoms with Gasteiger partial charge in [-0.05, 0) is 18.1 Å². The smallest absolute Gasteiger partial charge is 0.343 e. The van der Waals surface area contributed by atoms with E-state index in [9.17, 15) is 20.0 Å². The second-order valence-electron chi connectivity index (χ2n) is 4.21. The Morgan fingerprint density at radius 3 is 2.62 bits per heavy atom. The number of carbonyl (C=O) groups is 1. The topological polar surface area (TPSA) is 106 Å². The molecule has 1 heterocycles. The fraction of sp³-hybridized carbons (Fsp3) is 0.154. The van der Waals surface area contributed by atoms with Crippen LogP contribution in [0, 0.1) is 17.0 Å². The summed E-state index contributed by atoms with van der Waals surface area (Å²) in [4.78, 5) is 29.7. The summed E-state index contributed by atoms with van der Waals surface area (Å²) in [6, 6.07) is 4.20. The number of aromatic carboxylic acids is 1. The van der Waals surface area contributed by atoms with E-state index in [1.807, 2.05) is 6.92 Å². The Morgan fingerprint density at radius 2 is 2.05 bits per heavy atom. The van der Waals surface area contributed by atoms with Crippen LogP contribution >= 0.6 is 11.8 Å². The number of thioether (sulfide) groups is 1. The van der Waals surface area contributed by atoms with Gasteiger partial charge in [-0.15, -0.1) is 0 Å². The minimum atomic E-state index is -1.32. The van der Waals surface area contributed by atoms with Crippen molar-refractivity contribution >= 4 is 23.4 Å². The average Bonchev–Trinajstić information content (AvgIpc) is 2.46. The van der Waals surface area contributed by atoms with Crippen LogP contribution in [-0.2, 0) is 5.75 Å². The number of carboxylic acids is 1. The van der Waals surface area contributed by atoms with Crippen molar-refractivity contribution in [1.82, 2.24) is 9.97 Å². The number of nitro benzene ring substituents is 1. The van der Waals surface area contributed by atoms with Gasteiger partial charge in [-0.3, -0.25) is 10.1 Å². The van der Waals surface area contributed by atoms with E-state index >= 15 is 0 Å². The SMILES string of the molecule is Cc1cnc(SCc2cccc([N+](=O)[O-])c2C(=O)O)nc1. The molecule has 1 aromatic heterocycles. The Labute approximate surface area is 124 Å². The van der Waals surface area contributed by atoms with E-state index in [2.05, 4.69) is 9.97 Å². The quantitative estimate of drug-likeness (QED) is 0.391. The van der Waals surface area contributed by atoms with E-state index in [0.29, 0.717) is 10.7 Å². The summed E-state index contributed by atoms with van der Waals surface area (Å²) in [5.41, 5.74) is 0.583. The molecule has 21 heavy (non-hydrogen) atoms. The van der Waals surface area contributed by atoms with Crippen LogP contribution in [0.3, 0.4) is 0 Å². The Morgan fingerprint density at radius 1 is 1.38 bits per heavy atom. The molecule has 1 N–H and O–H groups in total. The van der Waals surface area contributed by atoms with Gasteiger partial charge in [-0.2, -0.15) is 0 Å². The predicted molar refractivity (Wildman–Crippen MR) is 76.4 cm³/mol. The predicted octanol–water partition coefficient (Wildman–Crippen LogP) is 2.68. The fourth-order valence-electron chi connectivity index (χ4n) is 1.70. The number of carboxylic acid groups (broad SMARTS) is 1. The summed E-state index contributed by atoms with van der Waals surface area (Å²) in [6.07, 6.45) is 3.31. The van der Waals surface area contributed by atoms with Crippen molar-refractivity contribution in [2.75, 3.05) is 0 Å². The lowest BCUT2D eigenvalue weighted by molar-refractivity contribution is -0.385. The molecule has 0 aliphatic carbocycles. The Hall–Kier alpha value is -2.48. The van der Waals surface area contributed by atoms with Crippen molar-refractivity contribution in [1.29, 1.82) is 0 Å². The summed E-state index contributed by atoms with van der Waals surface area (Å²) in [5.74, 6) is -1.07. The van der Waals surface area contributed by atoms with Crippen molar-refractivity contribution in [3.05, 3.63) is 57.4 Å². The van der Waals surface area contributed by atoms with Gasteiger partial charge in [-0.25, -0.2) is 14.8 Å². The van der Waals surface area contributed by atoms with E-state index < -0.39 is 16.6 Å². The lowest BCUT2D eigenvalue weighted by Gasteiger charge is -2.06. The molecule has 2 aromatic rings. The van der Waals surface area contributed by atoms with Crippen LogP contribution in [0.25, 0.3) is 0 Å². The molecule has 108 valence electrons. The number of nitro groups is 1. The van der Waals surface area contributed by atoms with E-state index in [4.69, 9.17) is 0 Å². The number of benzene rings is 1. The zero-order valence-electron chi connectivity index (χ0n) is 11.0. The van der Waals surface area contributed by atoms with Crippen LogP contribution in [0.4, 0.5) is 5.69 Å². The van der Waals surface area contributed by atoms with Gasteiger partial charge >= 0.3 is 5.97 Å². The van der Waals surface area contributed by atoms with E-state index in [1.54, 1.807) is 18.5 Å². The van der Waals surface area contributed by atoms with Gasteiger partial charge in [0.05, 0.1) is 4.92 Å². The fourth-order valence-corrected chi connectivity index (χ4v) is 2.48. The molecule has 0 saturated carbocycles. The van der Waals surface area contributed by atoms with Crippen molar-refractivity contribution in [2.45, 2.75) is 17.8 Å². The molecule has 2 rings (SSSR count).